The van der Waals surface area contributed by atoms with Crippen LogP contribution in [0, 0.1) is 17.5 Å². The molecule has 27 heteroatoms. The van der Waals surface area contributed by atoms with Gasteiger partial charge in [0.25, 0.3) is 17.7 Å². The second-order valence-electron chi connectivity index (χ2n) is 31.5. The second-order valence-corrected chi connectivity index (χ2v) is 31.9. The monoisotopic (exact) mass is 1560 g/mol. The van der Waals surface area contributed by atoms with E-state index in [1.807, 2.05) is 161 Å². The van der Waals surface area contributed by atoms with Crippen molar-refractivity contribution in [2.75, 3.05) is 26.6 Å². The maximum Gasteiger partial charge on any atom is 0.407 e. The largest absolute Gasteiger partial charge is 0.444 e. The number of nitrogens with zero attached hydrogens (tertiary/aromatic N) is 5. The minimum atomic E-state index is -0.776. The van der Waals surface area contributed by atoms with Gasteiger partial charge in [0, 0.05) is 47.7 Å². The number of carbonyl (C=O) groups is 5. The molecular weight excluding hydrogens is 1460 g/mol. The average molecular weight is 1560 g/mol. The molecule has 5 amide bonds. The molecule has 12 rings (SSSR count). The van der Waals surface area contributed by atoms with Gasteiger partial charge in [0.05, 0.1) is 63.6 Å². The molecule has 3 saturated carbocycles. The van der Waals surface area contributed by atoms with E-state index in [2.05, 4.69) is 72.8 Å². The van der Waals surface area contributed by atoms with Crippen molar-refractivity contribution >= 4 is 82.0 Å². The Labute approximate surface area is 663 Å². The molecule has 3 aliphatic carbocycles. The molecule has 3 fully saturated rings. The molecule has 5 heterocycles. The van der Waals surface area contributed by atoms with E-state index < -0.39 is 69.6 Å². The molecule has 13 N–H and O–H groups in total. The molecule has 3 aliphatic rings. The summed E-state index contributed by atoms with van der Waals surface area (Å²) in [7, 11) is 0. The molecule has 4 aromatic carbocycles. The van der Waals surface area contributed by atoms with Gasteiger partial charge in [0.2, 0.25) is 0 Å². The summed E-state index contributed by atoms with van der Waals surface area (Å²) in [6.45, 7) is 18.3. The first-order chi connectivity index (χ1) is 53.7. The Balaban J connectivity index is 0.000000184. The summed E-state index contributed by atoms with van der Waals surface area (Å²) in [5, 5.41) is 27.4. The van der Waals surface area contributed by atoms with Crippen LogP contribution in [0.3, 0.4) is 0 Å². The highest BCUT2D eigenvalue weighted by atomic mass is 35.5. The van der Waals surface area contributed by atoms with Crippen LogP contribution >= 0.6 is 11.6 Å². The Morgan fingerprint density at radius 2 is 0.761 bits per heavy atom. The molecule has 596 valence electrons. The highest BCUT2D eigenvalue weighted by molar-refractivity contribution is 6.32. The van der Waals surface area contributed by atoms with Gasteiger partial charge in [-0.15, -0.1) is 0 Å². The number of primary amides is 1. The fourth-order valence-corrected chi connectivity index (χ4v) is 13.8. The van der Waals surface area contributed by atoms with Crippen LogP contribution in [-0.2, 0) is 20.6 Å². The van der Waals surface area contributed by atoms with Crippen LogP contribution in [0.5, 0.6) is 0 Å². The molecule has 0 saturated heterocycles. The number of carbonyl (C=O) groups excluding carboxylic acids is 5. The molecule has 0 bridgehead atoms. The zero-order chi connectivity index (χ0) is 81.2. The maximum absolute atomic E-state index is 15.9. The van der Waals surface area contributed by atoms with Crippen molar-refractivity contribution in [3.63, 3.8) is 0 Å². The van der Waals surface area contributed by atoms with Crippen LogP contribution in [0.1, 0.15) is 188 Å². The van der Waals surface area contributed by atoms with Crippen LogP contribution < -0.4 is 59.3 Å². The van der Waals surface area contributed by atoms with E-state index in [-0.39, 0.29) is 87.2 Å². The number of ether oxygens (including phenoxy) is 2. The number of alkyl carbamates (subject to hydrolysis) is 2. The Morgan fingerprint density at radius 3 is 1.17 bits per heavy atom. The van der Waals surface area contributed by atoms with Gasteiger partial charge < -0.3 is 68.8 Å². The minimum absolute atomic E-state index is 0.0265. The van der Waals surface area contributed by atoms with Crippen molar-refractivity contribution < 1.29 is 46.6 Å². The van der Waals surface area contributed by atoms with Gasteiger partial charge in [-0.2, -0.15) is 0 Å². The van der Waals surface area contributed by atoms with E-state index in [0.29, 0.717) is 30.6 Å². The Hall–Kier alpha value is -11.4. The third kappa shape index (κ3) is 24.1. The number of halogens is 4. The van der Waals surface area contributed by atoms with E-state index >= 15 is 8.78 Å². The summed E-state index contributed by atoms with van der Waals surface area (Å²) in [6.07, 6.45) is 16.0. The molecular formula is C86H102ClF3N16O7. The topological polar surface area (TPSA) is 329 Å². The van der Waals surface area contributed by atoms with Crippen molar-refractivity contribution in [2.24, 2.45) is 11.5 Å². The van der Waals surface area contributed by atoms with Crippen LogP contribution in [0.15, 0.2) is 176 Å². The molecule has 0 aliphatic heterocycles. The molecule has 0 unspecified atom stereocenters. The summed E-state index contributed by atoms with van der Waals surface area (Å²) in [4.78, 5) is 85.3. The number of aromatic nitrogens is 5. The van der Waals surface area contributed by atoms with Gasteiger partial charge in [0.15, 0.2) is 34.9 Å². The van der Waals surface area contributed by atoms with E-state index in [4.69, 9.17) is 32.5 Å². The highest BCUT2D eigenvalue weighted by Gasteiger charge is 2.35. The first-order valence-electron chi connectivity index (χ1n) is 38.2. The van der Waals surface area contributed by atoms with E-state index in [1.54, 1.807) is 66.3 Å². The number of pyridine rings is 5. The maximum atomic E-state index is 15.9. The van der Waals surface area contributed by atoms with Crippen LogP contribution in [0.2, 0.25) is 5.15 Å². The molecule has 113 heavy (non-hydrogen) atoms. The first-order valence-corrected chi connectivity index (χ1v) is 38.5. The lowest BCUT2D eigenvalue weighted by Gasteiger charge is -2.34. The molecule has 0 spiro atoms. The molecule has 6 atom stereocenters. The van der Waals surface area contributed by atoms with Gasteiger partial charge in [-0.05, 0) is 160 Å². The standard InChI is InChI=1S/C37H43FN6O3.C26H34ClFN4O3.C23H25FN6O/c1-36(2,3)47-35(46)42-31-19-13-12-18-30(31)41-33-29(38)21-28(34(45)44-37(4,5)26-16-10-7-11-17-26)32(43-33)40-27-20-25(22-39-23-27)24-14-8-6-9-15-24;1-25(2,3)35-24(34)30-20-14-10-9-13-19(20)29-22-18(28)15-17(21(27)31-22)23(33)32-26(4,5)16-11-7-6-8-12-16;24-18-11-17(21(26)31)22(30-23(18)29-20-9-5-4-8-19(20)25)28-16-10-15(12-27-13-16)14-6-2-1-3-7-14/h6-11,14-17,20-23,30-31H,12-13,18-19H2,1-5H3,(H,42,46)(H,44,45)(H2,40,41,43);6-8,11-12,15,19-20H,9-10,13-14H2,1-5H3,(H,29,31)(H,30,34)(H,32,33);1-3,6-7,10-13,19-20H,4-5,8-9,25H2,(H2,26,31)(H2,28,29,30)/t30-,31+;2*19-,20+/m110/s1. The Bertz CT molecular complexity index is 4750. The highest BCUT2D eigenvalue weighted by Crippen LogP contribution is 2.35. The third-order valence-electron chi connectivity index (χ3n) is 19.4. The van der Waals surface area contributed by atoms with Gasteiger partial charge in [0.1, 0.15) is 28.0 Å². The van der Waals surface area contributed by atoms with Gasteiger partial charge in [-0.1, -0.05) is 171 Å². The number of hydrogen-bond acceptors (Lipinski definition) is 18. The number of benzene rings is 4. The Morgan fingerprint density at radius 1 is 0.416 bits per heavy atom. The average Bonchev–Trinajstić information content (AvgIpc) is 0.788. The zero-order valence-electron chi connectivity index (χ0n) is 65.5. The van der Waals surface area contributed by atoms with Crippen molar-refractivity contribution in [2.45, 2.75) is 205 Å². The third-order valence-corrected chi connectivity index (χ3v) is 19.7. The normalized spacial score (nSPS) is 17.7. The first kappa shape index (κ1) is 84.1. The number of hydrogen-bond donors (Lipinski definition) is 11. The van der Waals surface area contributed by atoms with Crippen molar-refractivity contribution in [1.82, 2.24) is 46.2 Å². The number of rotatable bonds is 21. The van der Waals surface area contributed by atoms with Gasteiger partial charge in [-0.3, -0.25) is 24.4 Å². The van der Waals surface area contributed by atoms with Crippen LogP contribution in [0.4, 0.5) is 63.2 Å². The van der Waals surface area contributed by atoms with Crippen molar-refractivity contribution in [1.29, 1.82) is 0 Å². The lowest BCUT2D eigenvalue weighted by Crippen LogP contribution is -2.50. The van der Waals surface area contributed by atoms with Crippen LogP contribution in [-0.4, -0.2) is 102 Å². The lowest BCUT2D eigenvalue weighted by atomic mass is 9.90. The molecule has 23 nitrogen and oxygen atoms in total. The van der Waals surface area contributed by atoms with E-state index in [0.717, 1.165) is 103 Å². The van der Waals surface area contributed by atoms with Crippen LogP contribution in [0.25, 0.3) is 22.3 Å². The number of anilines is 7. The minimum Gasteiger partial charge on any atom is -0.444 e. The van der Waals surface area contributed by atoms with Gasteiger partial charge >= 0.3 is 12.2 Å². The number of nitrogens with one attached hydrogen (secondary N) is 9. The number of amides is 5. The lowest BCUT2D eigenvalue weighted by molar-refractivity contribution is 0.0477. The summed E-state index contributed by atoms with van der Waals surface area (Å²) in [5.74, 6) is -3.54. The van der Waals surface area contributed by atoms with Gasteiger partial charge in [-0.25, -0.2) is 37.7 Å². The number of nitrogens with two attached hydrogens (primary N) is 2. The van der Waals surface area contributed by atoms with Crippen molar-refractivity contribution in [3.05, 3.63) is 227 Å². The van der Waals surface area contributed by atoms with E-state index in [9.17, 15) is 28.4 Å². The van der Waals surface area contributed by atoms with Crippen molar-refractivity contribution in [3.8, 4) is 22.3 Å². The zero-order valence-corrected chi connectivity index (χ0v) is 66.2. The molecule has 9 aromatic rings. The smallest absolute Gasteiger partial charge is 0.407 e. The van der Waals surface area contributed by atoms with E-state index in [1.165, 1.54) is 6.07 Å². The second kappa shape index (κ2) is 37.8. The SMILES string of the molecule is CC(C)(C)OC(=O)N[C@H]1CCCC[C@H]1Nc1nc(Cl)c(C(=O)NC(C)(C)c2ccccc2)cc1F.CC(C)(C)OC(=O)N[C@H]1CCCC[C@H]1Nc1nc(Nc2cncc(-c3ccccc3)c2)c(C(=O)NC(C)(C)c2ccccc2)cc1F.NC(=O)c1cc(F)c(N[C@@H]2CCCC[C@@H]2N)nc1Nc1cncc(-c2ccccc2)c1. The predicted molar refractivity (Wildman–Crippen MR) is 438 cm³/mol. The quantitative estimate of drug-likeness (QED) is 0.0298. The fourth-order valence-electron chi connectivity index (χ4n) is 13.6. The fraction of sp³-hybridized carbons (Fsp3) is 0.372. The summed E-state index contributed by atoms with van der Waals surface area (Å²) >= 11 is 6.31. The molecule has 5 aromatic heterocycles. The summed E-state index contributed by atoms with van der Waals surface area (Å²) in [6, 6.07) is 44.5. The Kier molecular flexibility index (Phi) is 28.1. The summed E-state index contributed by atoms with van der Waals surface area (Å²) < 4.78 is 56.4. The molecule has 0 radical (unpaired) electrons. The summed E-state index contributed by atoms with van der Waals surface area (Å²) in [5.41, 5.74) is 15.6. The predicted octanol–water partition coefficient (Wildman–Crippen LogP) is 17.5.